The van der Waals surface area contributed by atoms with Crippen LogP contribution in [0.2, 0.25) is 0 Å². The molecule has 0 aliphatic rings. The van der Waals surface area contributed by atoms with Gasteiger partial charge in [0.2, 0.25) is 0 Å². The Bertz CT molecular complexity index is 919. The number of nitro benzene ring substituents is 1. The summed E-state index contributed by atoms with van der Waals surface area (Å²) in [7, 11) is 1.58. The largest absolute Gasteiger partial charge is 0.385 e. The van der Waals surface area contributed by atoms with Crippen molar-refractivity contribution in [3.05, 3.63) is 69.8 Å². The number of hydrogen-bond acceptors (Lipinski definition) is 6. The van der Waals surface area contributed by atoms with Gasteiger partial charge in [0.15, 0.2) is 5.11 Å². The molecular formula is C19H20N4O5S. The zero-order chi connectivity index (χ0) is 21.2. The Morgan fingerprint density at radius 2 is 1.72 bits per heavy atom. The maximum atomic E-state index is 12.4. The molecule has 0 atom stereocenters. The minimum absolute atomic E-state index is 0.0900. The molecule has 0 heterocycles. The van der Waals surface area contributed by atoms with E-state index in [0.717, 1.165) is 0 Å². The second-order valence-electron chi connectivity index (χ2n) is 5.83. The first-order chi connectivity index (χ1) is 13.9. The van der Waals surface area contributed by atoms with Crippen LogP contribution in [-0.4, -0.2) is 42.1 Å². The van der Waals surface area contributed by atoms with Crippen molar-refractivity contribution in [3.63, 3.8) is 0 Å². The molecule has 3 N–H and O–H groups in total. The number of ether oxygens (including phenoxy) is 1. The molecule has 0 aromatic heterocycles. The predicted octanol–water partition coefficient (Wildman–Crippen LogP) is 2.49. The minimum atomic E-state index is -0.726. The van der Waals surface area contributed by atoms with Gasteiger partial charge in [0.05, 0.1) is 16.2 Å². The Kier molecular flexibility index (Phi) is 8.19. The van der Waals surface area contributed by atoms with E-state index in [1.54, 1.807) is 31.4 Å². The zero-order valence-corrected chi connectivity index (χ0v) is 16.5. The summed E-state index contributed by atoms with van der Waals surface area (Å²) in [6.45, 7) is 0.974. The van der Waals surface area contributed by atoms with Gasteiger partial charge in [-0.05, 0) is 36.8 Å². The molecule has 0 spiro atoms. The first-order valence-corrected chi connectivity index (χ1v) is 9.06. The Hall–Kier alpha value is -3.37. The number of anilines is 1. The fourth-order valence-electron chi connectivity index (χ4n) is 2.45. The number of hydrogen-bond donors (Lipinski definition) is 3. The molecule has 29 heavy (non-hydrogen) atoms. The second-order valence-corrected chi connectivity index (χ2v) is 6.24. The van der Waals surface area contributed by atoms with E-state index in [0.29, 0.717) is 30.8 Å². The number of carbonyl (C=O) groups is 2. The summed E-state index contributed by atoms with van der Waals surface area (Å²) in [5.74, 6) is -1.03. The quantitative estimate of drug-likeness (QED) is 0.261. The lowest BCUT2D eigenvalue weighted by Crippen LogP contribution is -2.35. The molecule has 0 aliphatic carbocycles. The highest BCUT2D eigenvalue weighted by Gasteiger charge is 2.20. The van der Waals surface area contributed by atoms with Gasteiger partial charge in [-0.1, -0.05) is 24.3 Å². The van der Waals surface area contributed by atoms with Gasteiger partial charge >= 0.3 is 0 Å². The topological polar surface area (TPSA) is 123 Å². The predicted molar refractivity (Wildman–Crippen MR) is 112 cm³/mol. The van der Waals surface area contributed by atoms with Gasteiger partial charge in [-0.3, -0.25) is 25.0 Å². The van der Waals surface area contributed by atoms with E-state index in [-0.39, 0.29) is 22.3 Å². The molecule has 2 rings (SSSR count). The van der Waals surface area contributed by atoms with Gasteiger partial charge < -0.3 is 15.4 Å². The van der Waals surface area contributed by atoms with Crippen molar-refractivity contribution >= 4 is 40.5 Å². The van der Waals surface area contributed by atoms with Crippen LogP contribution in [0, 0.1) is 10.1 Å². The first-order valence-electron chi connectivity index (χ1n) is 8.66. The molecule has 0 unspecified atom stereocenters. The van der Waals surface area contributed by atoms with Crippen LogP contribution in [0.3, 0.4) is 0 Å². The van der Waals surface area contributed by atoms with Crippen molar-refractivity contribution in [2.75, 3.05) is 25.6 Å². The summed E-state index contributed by atoms with van der Waals surface area (Å²) in [4.78, 5) is 35.2. The van der Waals surface area contributed by atoms with E-state index in [2.05, 4.69) is 16.0 Å². The number of methoxy groups -OCH3 is 1. The van der Waals surface area contributed by atoms with Crippen LogP contribution >= 0.6 is 12.2 Å². The molecule has 0 bridgehead atoms. The van der Waals surface area contributed by atoms with Gasteiger partial charge in [-0.2, -0.15) is 0 Å². The van der Waals surface area contributed by atoms with E-state index < -0.39 is 10.8 Å². The SMILES string of the molecule is COCCCNC(=O)c1ccccc1NC(=S)NC(=O)c1ccccc1[N+](=O)[O-]. The summed E-state index contributed by atoms with van der Waals surface area (Å²) in [6.07, 6.45) is 0.669. The molecule has 2 aromatic carbocycles. The van der Waals surface area contributed by atoms with Gasteiger partial charge in [0.1, 0.15) is 5.56 Å². The summed E-state index contributed by atoms with van der Waals surface area (Å²) in [5.41, 5.74) is 0.284. The van der Waals surface area contributed by atoms with Crippen LogP contribution in [0.1, 0.15) is 27.1 Å². The molecule has 0 saturated heterocycles. The fraction of sp³-hybridized carbons (Fsp3) is 0.211. The third kappa shape index (κ3) is 6.33. The third-order valence-corrected chi connectivity index (χ3v) is 4.01. The molecule has 152 valence electrons. The van der Waals surface area contributed by atoms with E-state index >= 15 is 0 Å². The first kappa shape index (κ1) is 21.9. The number of carbonyl (C=O) groups excluding carboxylic acids is 2. The van der Waals surface area contributed by atoms with Crippen molar-refractivity contribution in [1.82, 2.24) is 10.6 Å². The van der Waals surface area contributed by atoms with Crippen molar-refractivity contribution < 1.29 is 19.2 Å². The van der Waals surface area contributed by atoms with E-state index in [4.69, 9.17) is 17.0 Å². The fourth-order valence-corrected chi connectivity index (χ4v) is 2.66. The smallest absolute Gasteiger partial charge is 0.282 e. The summed E-state index contributed by atoms with van der Waals surface area (Å²) in [6, 6.07) is 12.2. The van der Waals surface area contributed by atoms with Crippen molar-refractivity contribution in [1.29, 1.82) is 0 Å². The molecule has 10 heteroatoms. The van der Waals surface area contributed by atoms with Crippen LogP contribution in [0.5, 0.6) is 0 Å². The van der Waals surface area contributed by atoms with Gasteiger partial charge in [0, 0.05) is 26.3 Å². The number of nitrogens with zero attached hydrogens (tertiary/aromatic N) is 1. The maximum Gasteiger partial charge on any atom is 0.282 e. The highest BCUT2D eigenvalue weighted by molar-refractivity contribution is 7.80. The lowest BCUT2D eigenvalue weighted by molar-refractivity contribution is -0.385. The van der Waals surface area contributed by atoms with Gasteiger partial charge in [-0.25, -0.2) is 0 Å². The molecule has 2 amide bonds. The molecule has 2 aromatic rings. The van der Waals surface area contributed by atoms with Crippen LogP contribution in [0.25, 0.3) is 0 Å². The van der Waals surface area contributed by atoms with Crippen LogP contribution < -0.4 is 16.0 Å². The normalized spacial score (nSPS) is 10.1. The number of thiocarbonyl (C=S) groups is 1. The molecule has 0 saturated carbocycles. The number of nitro groups is 1. The Morgan fingerprint density at radius 3 is 2.41 bits per heavy atom. The Labute approximate surface area is 172 Å². The molecule has 9 nitrogen and oxygen atoms in total. The number of para-hydroxylation sites is 2. The third-order valence-electron chi connectivity index (χ3n) is 3.80. The van der Waals surface area contributed by atoms with E-state index in [9.17, 15) is 19.7 Å². The van der Waals surface area contributed by atoms with Crippen molar-refractivity contribution in [2.45, 2.75) is 6.42 Å². The monoisotopic (exact) mass is 416 g/mol. The molecular weight excluding hydrogens is 396 g/mol. The van der Waals surface area contributed by atoms with Crippen molar-refractivity contribution in [2.24, 2.45) is 0 Å². The Morgan fingerprint density at radius 1 is 1.07 bits per heavy atom. The number of rotatable bonds is 8. The number of nitrogens with one attached hydrogen (secondary N) is 3. The second kappa shape index (κ2) is 10.8. The lowest BCUT2D eigenvalue weighted by Gasteiger charge is -2.13. The highest BCUT2D eigenvalue weighted by atomic mass is 32.1. The minimum Gasteiger partial charge on any atom is -0.385 e. The Balaban J connectivity index is 2.05. The molecule has 0 radical (unpaired) electrons. The average molecular weight is 416 g/mol. The number of benzene rings is 2. The van der Waals surface area contributed by atoms with Crippen molar-refractivity contribution in [3.8, 4) is 0 Å². The lowest BCUT2D eigenvalue weighted by atomic mass is 10.1. The zero-order valence-electron chi connectivity index (χ0n) is 15.6. The molecule has 0 fully saturated rings. The summed E-state index contributed by atoms with van der Waals surface area (Å²) >= 11 is 5.13. The van der Waals surface area contributed by atoms with E-state index in [1.807, 2.05) is 0 Å². The highest BCUT2D eigenvalue weighted by Crippen LogP contribution is 2.18. The molecule has 0 aliphatic heterocycles. The van der Waals surface area contributed by atoms with E-state index in [1.165, 1.54) is 24.3 Å². The van der Waals surface area contributed by atoms with Crippen LogP contribution in [-0.2, 0) is 4.74 Å². The van der Waals surface area contributed by atoms with Gasteiger partial charge in [-0.15, -0.1) is 0 Å². The summed E-state index contributed by atoms with van der Waals surface area (Å²) < 4.78 is 4.94. The average Bonchev–Trinajstić information content (AvgIpc) is 2.71. The summed E-state index contributed by atoms with van der Waals surface area (Å²) in [5, 5.41) is 18.9. The van der Waals surface area contributed by atoms with Gasteiger partial charge in [0.25, 0.3) is 17.5 Å². The van der Waals surface area contributed by atoms with Crippen LogP contribution in [0.15, 0.2) is 48.5 Å². The van der Waals surface area contributed by atoms with Crippen LogP contribution in [0.4, 0.5) is 11.4 Å². The standard InChI is InChI=1S/C19H20N4O5S/c1-28-12-6-11-20-17(24)13-7-2-4-9-15(13)21-19(29)22-18(25)14-8-3-5-10-16(14)23(26)27/h2-5,7-10H,6,11-12H2,1H3,(H,20,24)(H2,21,22,25,29). The maximum absolute atomic E-state index is 12.4. The number of amides is 2.